The average molecular weight is 316 g/mol. The van der Waals surface area contributed by atoms with Crippen molar-refractivity contribution in [1.82, 2.24) is 14.9 Å². The summed E-state index contributed by atoms with van der Waals surface area (Å²) in [5.74, 6) is -0.568. The summed E-state index contributed by atoms with van der Waals surface area (Å²) in [6.45, 7) is 4.13. The van der Waals surface area contributed by atoms with Gasteiger partial charge in [-0.2, -0.15) is 0 Å². The zero-order valence-corrected chi connectivity index (χ0v) is 12.5. The third-order valence-corrected chi connectivity index (χ3v) is 3.54. The zero-order valence-electron chi connectivity index (χ0n) is 12.5. The third kappa shape index (κ3) is 4.30. The Bertz CT molecular complexity index is 672. The van der Waals surface area contributed by atoms with E-state index >= 15 is 0 Å². The van der Waals surface area contributed by atoms with Gasteiger partial charge in [0.2, 0.25) is 0 Å². The van der Waals surface area contributed by atoms with E-state index in [9.17, 15) is 9.18 Å². The predicted octanol–water partition coefficient (Wildman–Crippen LogP) is 1.70. The molecule has 1 aliphatic rings. The van der Waals surface area contributed by atoms with Crippen LogP contribution >= 0.6 is 0 Å². The summed E-state index contributed by atoms with van der Waals surface area (Å²) >= 11 is 0. The van der Waals surface area contributed by atoms with Crippen molar-refractivity contribution in [3.63, 3.8) is 0 Å². The number of rotatable bonds is 4. The maximum Gasteiger partial charge on any atom is 0.258 e. The van der Waals surface area contributed by atoms with E-state index in [-0.39, 0.29) is 5.56 Å². The van der Waals surface area contributed by atoms with E-state index in [2.05, 4.69) is 20.2 Å². The van der Waals surface area contributed by atoms with Gasteiger partial charge in [0.05, 0.1) is 25.0 Å². The smallest absolute Gasteiger partial charge is 0.258 e. The Morgan fingerprint density at radius 3 is 2.78 bits per heavy atom. The van der Waals surface area contributed by atoms with E-state index in [0.717, 1.165) is 50.7 Å². The molecular formula is C16H17FN4O2. The highest BCUT2D eigenvalue weighted by Gasteiger charge is 2.12. The first-order valence-corrected chi connectivity index (χ1v) is 7.37. The van der Waals surface area contributed by atoms with Gasteiger partial charge in [0.25, 0.3) is 5.91 Å². The fourth-order valence-corrected chi connectivity index (χ4v) is 2.33. The van der Waals surface area contributed by atoms with Crippen molar-refractivity contribution in [3.05, 3.63) is 53.7 Å². The Morgan fingerprint density at radius 2 is 2.09 bits per heavy atom. The summed E-state index contributed by atoms with van der Waals surface area (Å²) in [6.07, 6.45) is 4.09. The predicted molar refractivity (Wildman–Crippen MR) is 82.5 cm³/mol. The zero-order chi connectivity index (χ0) is 16.1. The molecule has 0 bridgehead atoms. The number of nitrogens with zero attached hydrogens (tertiary/aromatic N) is 3. The average Bonchev–Trinajstić information content (AvgIpc) is 2.57. The Hall–Kier alpha value is -2.38. The Labute approximate surface area is 133 Å². The van der Waals surface area contributed by atoms with Gasteiger partial charge in [-0.1, -0.05) is 6.07 Å². The van der Waals surface area contributed by atoms with Crippen LogP contribution in [0.15, 0.2) is 36.8 Å². The van der Waals surface area contributed by atoms with E-state index in [1.165, 1.54) is 6.20 Å². The summed E-state index contributed by atoms with van der Waals surface area (Å²) in [4.78, 5) is 22.2. The van der Waals surface area contributed by atoms with Gasteiger partial charge in [-0.15, -0.1) is 0 Å². The van der Waals surface area contributed by atoms with Crippen LogP contribution in [-0.2, 0) is 11.3 Å². The van der Waals surface area contributed by atoms with Crippen molar-refractivity contribution in [1.29, 1.82) is 0 Å². The minimum Gasteiger partial charge on any atom is -0.379 e. The summed E-state index contributed by atoms with van der Waals surface area (Å²) in [5.41, 5.74) is 1.22. The van der Waals surface area contributed by atoms with Gasteiger partial charge in [0.15, 0.2) is 0 Å². The summed E-state index contributed by atoms with van der Waals surface area (Å²) in [7, 11) is 0. The fourth-order valence-electron chi connectivity index (χ4n) is 2.33. The van der Waals surface area contributed by atoms with Crippen LogP contribution in [0.25, 0.3) is 0 Å². The number of nitrogens with one attached hydrogen (secondary N) is 1. The number of hydrogen-bond donors (Lipinski definition) is 1. The Morgan fingerprint density at radius 1 is 1.26 bits per heavy atom. The highest BCUT2D eigenvalue weighted by Crippen LogP contribution is 2.11. The quantitative estimate of drug-likeness (QED) is 0.930. The molecule has 1 saturated heterocycles. The second kappa shape index (κ2) is 7.26. The van der Waals surface area contributed by atoms with Crippen LogP contribution in [0.4, 0.5) is 10.2 Å². The number of amides is 1. The van der Waals surface area contributed by atoms with Crippen LogP contribution in [0.2, 0.25) is 0 Å². The largest absolute Gasteiger partial charge is 0.379 e. The highest BCUT2D eigenvalue weighted by atomic mass is 19.1. The van der Waals surface area contributed by atoms with E-state index in [1.54, 1.807) is 12.3 Å². The maximum atomic E-state index is 13.1. The molecule has 0 unspecified atom stereocenters. The first kappa shape index (κ1) is 15.5. The molecule has 120 valence electrons. The SMILES string of the molecule is O=C(Nc1ccc(CN2CCOCC2)cn1)c1cncc(F)c1. The van der Waals surface area contributed by atoms with E-state index < -0.39 is 11.7 Å². The lowest BCUT2D eigenvalue weighted by Gasteiger charge is -2.26. The summed E-state index contributed by atoms with van der Waals surface area (Å²) in [5, 5.41) is 2.63. The number of ether oxygens (including phenoxy) is 1. The number of halogens is 1. The van der Waals surface area contributed by atoms with Crippen LogP contribution in [0.5, 0.6) is 0 Å². The van der Waals surface area contributed by atoms with Gasteiger partial charge in [0, 0.05) is 32.0 Å². The summed E-state index contributed by atoms with van der Waals surface area (Å²) < 4.78 is 18.4. The van der Waals surface area contributed by atoms with Crippen molar-refractivity contribution in [2.45, 2.75) is 6.54 Å². The Kier molecular flexibility index (Phi) is 4.89. The van der Waals surface area contributed by atoms with E-state index in [0.29, 0.717) is 5.82 Å². The molecule has 0 spiro atoms. The van der Waals surface area contributed by atoms with Gasteiger partial charge in [-0.25, -0.2) is 9.37 Å². The highest BCUT2D eigenvalue weighted by molar-refractivity contribution is 6.03. The molecule has 3 heterocycles. The van der Waals surface area contributed by atoms with Crippen LogP contribution in [0.3, 0.4) is 0 Å². The van der Waals surface area contributed by atoms with Gasteiger partial charge < -0.3 is 10.1 Å². The topological polar surface area (TPSA) is 67.4 Å². The molecule has 6 nitrogen and oxygen atoms in total. The van der Waals surface area contributed by atoms with E-state index in [4.69, 9.17) is 4.74 Å². The molecule has 1 fully saturated rings. The van der Waals surface area contributed by atoms with Gasteiger partial charge in [-0.3, -0.25) is 14.7 Å². The second-order valence-corrected chi connectivity index (χ2v) is 5.29. The monoisotopic (exact) mass is 316 g/mol. The van der Waals surface area contributed by atoms with Crippen LogP contribution in [0, 0.1) is 5.82 Å². The van der Waals surface area contributed by atoms with E-state index in [1.807, 2.05) is 6.07 Å². The maximum absolute atomic E-state index is 13.1. The lowest BCUT2D eigenvalue weighted by Crippen LogP contribution is -2.35. The molecule has 0 atom stereocenters. The van der Waals surface area contributed by atoms with Gasteiger partial charge >= 0.3 is 0 Å². The molecule has 0 saturated carbocycles. The molecule has 2 aromatic rings. The number of hydrogen-bond acceptors (Lipinski definition) is 5. The standard InChI is InChI=1S/C16H17FN4O2/c17-14-7-13(9-18-10-14)16(22)20-15-2-1-12(8-19-15)11-21-3-5-23-6-4-21/h1-2,7-10H,3-6,11H2,(H,19,20,22). The molecule has 7 heteroatoms. The van der Waals surface area contributed by atoms with Crippen molar-refractivity contribution >= 4 is 11.7 Å². The van der Waals surface area contributed by atoms with Crippen molar-refractivity contribution in [3.8, 4) is 0 Å². The number of morpholine rings is 1. The van der Waals surface area contributed by atoms with Crippen LogP contribution in [-0.4, -0.2) is 47.1 Å². The van der Waals surface area contributed by atoms with Gasteiger partial charge in [-0.05, 0) is 17.7 Å². The molecule has 1 N–H and O–H groups in total. The summed E-state index contributed by atoms with van der Waals surface area (Å²) in [6, 6.07) is 4.79. The normalized spacial score (nSPS) is 15.3. The first-order valence-electron chi connectivity index (χ1n) is 7.37. The molecule has 1 aliphatic heterocycles. The molecule has 23 heavy (non-hydrogen) atoms. The van der Waals surface area contributed by atoms with Crippen molar-refractivity contribution in [2.75, 3.05) is 31.6 Å². The minimum absolute atomic E-state index is 0.157. The van der Waals surface area contributed by atoms with Crippen LogP contribution < -0.4 is 5.32 Å². The molecule has 0 aromatic carbocycles. The first-order chi connectivity index (χ1) is 11.2. The number of carbonyl (C=O) groups is 1. The number of anilines is 1. The lowest BCUT2D eigenvalue weighted by atomic mass is 10.2. The third-order valence-electron chi connectivity index (χ3n) is 3.54. The molecule has 2 aromatic heterocycles. The molecule has 3 rings (SSSR count). The van der Waals surface area contributed by atoms with Crippen LogP contribution in [0.1, 0.15) is 15.9 Å². The Balaban J connectivity index is 1.59. The second-order valence-electron chi connectivity index (χ2n) is 5.29. The number of pyridine rings is 2. The van der Waals surface area contributed by atoms with Crippen molar-refractivity contribution < 1.29 is 13.9 Å². The lowest BCUT2D eigenvalue weighted by molar-refractivity contribution is 0.0341. The minimum atomic E-state index is -0.550. The van der Waals surface area contributed by atoms with Crippen molar-refractivity contribution in [2.24, 2.45) is 0 Å². The molecule has 1 amide bonds. The number of aromatic nitrogens is 2. The molecule has 0 radical (unpaired) electrons. The molecular weight excluding hydrogens is 299 g/mol. The molecule has 0 aliphatic carbocycles. The number of carbonyl (C=O) groups excluding carboxylic acids is 1. The van der Waals surface area contributed by atoms with Gasteiger partial charge in [0.1, 0.15) is 11.6 Å². The fraction of sp³-hybridized carbons (Fsp3) is 0.312.